The Morgan fingerprint density at radius 2 is 1.80 bits per heavy atom. The van der Waals surface area contributed by atoms with E-state index in [0.717, 1.165) is 72.9 Å². The van der Waals surface area contributed by atoms with Crippen molar-refractivity contribution in [2.45, 2.75) is 111 Å². The minimum Gasteiger partial charge on any atom is -0.494 e. The highest BCUT2D eigenvalue weighted by atomic mass is 32.3. The van der Waals surface area contributed by atoms with Crippen LogP contribution >= 0.6 is 10.5 Å². The highest BCUT2D eigenvalue weighted by Crippen LogP contribution is 2.69. The molecule has 41 heavy (non-hydrogen) atoms. The van der Waals surface area contributed by atoms with Crippen LogP contribution in [-0.4, -0.2) is 52.7 Å². The number of carbonyl (C=O) groups is 2. The van der Waals surface area contributed by atoms with Gasteiger partial charge >= 0.3 is 12.4 Å². The molecule has 0 radical (unpaired) electrons. The number of hydrogen-bond acceptors (Lipinski definition) is 9. The van der Waals surface area contributed by atoms with E-state index in [1.165, 1.54) is 19.3 Å². The number of fused-ring (bicyclic) bond motifs is 6. The van der Waals surface area contributed by atoms with E-state index >= 15 is 0 Å². The fraction of sp³-hybridized carbons (Fsp3) is 0.613. The van der Waals surface area contributed by atoms with E-state index in [-0.39, 0.29) is 35.5 Å². The van der Waals surface area contributed by atoms with Crippen LogP contribution in [0.1, 0.15) is 105 Å². The van der Waals surface area contributed by atoms with Gasteiger partial charge in [-0.15, -0.1) is 0 Å². The smallest absolute Gasteiger partial charge is 0.344 e. The summed E-state index contributed by atoms with van der Waals surface area (Å²) < 4.78 is 26.2. The molecule has 3 atom stereocenters. The van der Waals surface area contributed by atoms with E-state index in [0.29, 0.717) is 30.6 Å². The number of benzene rings is 1. The Morgan fingerprint density at radius 1 is 1.07 bits per heavy atom. The maximum Gasteiger partial charge on any atom is 0.344 e. The van der Waals surface area contributed by atoms with Crippen LogP contribution in [0, 0.1) is 5.92 Å². The summed E-state index contributed by atoms with van der Waals surface area (Å²) in [6.07, 6.45) is 12.1. The third-order valence-electron chi connectivity index (χ3n) is 10.7. The highest BCUT2D eigenvalue weighted by molar-refractivity contribution is 8.39. The molecule has 4 saturated carbocycles. The van der Waals surface area contributed by atoms with Crippen molar-refractivity contribution < 1.29 is 27.8 Å². The van der Waals surface area contributed by atoms with Gasteiger partial charge in [-0.05, 0) is 82.3 Å². The molecular formula is C31H37N3O6S. The molecule has 0 N–H and O–H groups in total. The molecule has 4 aliphatic carbocycles. The monoisotopic (exact) mass is 579 g/mol. The standard InChI is InChI=1S/C31H37N3O6S/c1-37-24-3-2-4-25-27(24)32-17-41(25,38-18-35)34-21-7-8-22(34)16-23(15-21)39-30(36)26-28(20-5-6-20)40-33-29(26)31-12-9-19(10-13-31)11-14-31/h2-4,17-23H,5-16H2,1H3. The van der Waals surface area contributed by atoms with Crippen LogP contribution in [0.5, 0.6) is 5.75 Å². The number of nitrogens with zero attached hydrogens (tertiary/aromatic N) is 3. The Balaban J connectivity index is 1.06. The number of aliphatic imine (C=N–C) groups is 1. The molecule has 9 nitrogen and oxygen atoms in total. The third-order valence-corrected chi connectivity index (χ3v) is 13.6. The minimum atomic E-state index is -2.25. The number of esters is 1. The van der Waals surface area contributed by atoms with Gasteiger partial charge in [-0.3, -0.25) is 4.79 Å². The molecule has 4 bridgehead atoms. The first-order valence-electron chi connectivity index (χ1n) is 15.2. The number of piperidine rings is 1. The van der Waals surface area contributed by atoms with Gasteiger partial charge in [-0.25, -0.2) is 14.1 Å². The van der Waals surface area contributed by atoms with Gasteiger partial charge in [-0.1, -0.05) is 11.2 Å². The molecule has 0 amide bonds. The average Bonchev–Trinajstić information content (AvgIpc) is 3.53. The van der Waals surface area contributed by atoms with E-state index in [9.17, 15) is 9.59 Å². The van der Waals surface area contributed by atoms with Crippen molar-refractivity contribution in [2.24, 2.45) is 10.9 Å². The van der Waals surface area contributed by atoms with Crippen molar-refractivity contribution in [3.05, 3.63) is 35.2 Å². The molecule has 7 aliphatic rings. The Bertz CT molecular complexity index is 1380. The van der Waals surface area contributed by atoms with E-state index in [1.54, 1.807) is 7.11 Å². The van der Waals surface area contributed by atoms with Crippen molar-refractivity contribution in [3.8, 4) is 5.75 Å². The summed E-state index contributed by atoms with van der Waals surface area (Å²) in [5.41, 5.74) is 4.01. The summed E-state index contributed by atoms with van der Waals surface area (Å²) in [4.78, 5) is 31.4. The van der Waals surface area contributed by atoms with Gasteiger partial charge < -0.3 is 18.2 Å². The quantitative estimate of drug-likeness (QED) is 0.259. The minimum absolute atomic E-state index is 0.0414. The largest absolute Gasteiger partial charge is 0.494 e. The van der Waals surface area contributed by atoms with E-state index in [4.69, 9.17) is 18.2 Å². The van der Waals surface area contributed by atoms with Crippen LogP contribution in [-0.2, 0) is 19.1 Å². The maximum atomic E-state index is 14.0. The zero-order valence-corrected chi connectivity index (χ0v) is 24.3. The third kappa shape index (κ3) is 3.92. The Kier molecular flexibility index (Phi) is 6.04. The van der Waals surface area contributed by atoms with Crippen molar-refractivity contribution in [1.82, 2.24) is 9.46 Å². The van der Waals surface area contributed by atoms with Crippen molar-refractivity contribution >= 4 is 34.2 Å². The lowest BCUT2D eigenvalue weighted by molar-refractivity contribution is -0.120. The van der Waals surface area contributed by atoms with E-state index in [1.807, 2.05) is 23.7 Å². The first-order chi connectivity index (χ1) is 20.0. The number of rotatable bonds is 8. The SMILES string of the molecule is COc1cccc2c1N=CS2(OC=O)N1C2CCC1CC(OC(=O)c1c(C34CCC(CC3)CC4)noc1C1CC1)C2. The first-order valence-corrected chi connectivity index (χ1v) is 16.8. The van der Waals surface area contributed by atoms with Gasteiger partial charge in [0.2, 0.25) is 0 Å². The van der Waals surface area contributed by atoms with Crippen LogP contribution in [0.15, 0.2) is 32.6 Å². The van der Waals surface area contributed by atoms with Crippen molar-refractivity contribution in [1.29, 1.82) is 0 Å². The Morgan fingerprint density at radius 3 is 2.46 bits per heavy atom. The molecule has 2 saturated heterocycles. The highest BCUT2D eigenvalue weighted by Gasteiger charge is 2.54. The number of methoxy groups -OCH3 is 1. The lowest BCUT2D eigenvalue weighted by Gasteiger charge is -2.49. The van der Waals surface area contributed by atoms with E-state index < -0.39 is 10.5 Å². The molecule has 9 rings (SSSR count). The second kappa shape index (κ2) is 9.59. The van der Waals surface area contributed by atoms with Crippen LogP contribution < -0.4 is 4.74 Å². The second-order valence-corrected chi connectivity index (χ2v) is 15.3. The summed E-state index contributed by atoms with van der Waals surface area (Å²) in [6.45, 7) is 0.548. The Labute approximate surface area is 241 Å². The maximum absolute atomic E-state index is 14.0. The normalized spacial score (nSPS) is 36.9. The second-order valence-electron chi connectivity index (χ2n) is 12.9. The van der Waals surface area contributed by atoms with Gasteiger partial charge in [0.05, 0.1) is 17.6 Å². The van der Waals surface area contributed by atoms with Gasteiger partial charge in [0, 0.05) is 46.8 Å². The topological polar surface area (TPSA) is 103 Å². The van der Waals surface area contributed by atoms with Crippen molar-refractivity contribution in [2.75, 3.05) is 7.11 Å². The van der Waals surface area contributed by atoms with Gasteiger partial charge in [0.1, 0.15) is 28.8 Å². The lowest BCUT2D eigenvalue weighted by atomic mass is 9.59. The number of para-hydroxylation sites is 1. The molecule has 3 aliphatic heterocycles. The Hall–Kier alpha value is -2.85. The summed E-state index contributed by atoms with van der Waals surface area (Å²) in [6, 6.07) is 6.01. The summed E-state index contributed by atoms with van der Waals surface area (Å²) in [5, 5.41) is 4.60. The average molecular weight is 580 g/mol. The molecule has 4 heterocycles. The molecule has 2 aromatic rings. The van der Waals surface area contributed by atoms with Gasteiger partial charge in [-0.2, -0.15) is 0 Å². The van der Waals surface area contributed by atoms with E-state index in [2.05, 4.69) is 14.5 Å². The number of ether oxygens (including phenoxy) is 2. The number of carbonyl (C=O) groups excluding carboxylic acids is 2. The molecule has 1 aromatic heterocycles. The zero-order valence-electron chi connectivity index (χ0n) is 23.5. The fourth-order valence-electron chi connectivity index (χ4n) is 8.49. The number of hydrogen-bond donors (Lipinski definition) is 0. The number of aromatic nitrogens is 1. The van der Waals surface area contributed by atoms with Crippen LogP contribution in [0.4, 0.5) is 5.69 Å². The predicted molar refractivity (Wildman–Crippen MR) is 153 cm³/mol. The molecule has 218 valence electrons. The summed E-state index contributed by atoms with van der Waals surface area (Å²) in [5.74, 6) is 2.28. The van der Waals surface area contributed by atoms with Crippen LogP contribution in [0.3, 0.4) is 0 Å². The molecule has 10 heteroatoms. The molecule has 0 spiro atoms. The molecule has 1 aromatic carbocycles. The summed E-state index contributed by atoms with van der Waals surface area (Å²) >= 11 is 0. The van der Waals surface area contributed by atoms with Crippen LogP contribution in [0.25, 0.3) is 0 Å². The predicted octanol–water partition coefficient (Wildman–Crippen LogP) is 6.47. The first kappa shape index (κ1) is 25.8. The zero-order chi connectivity index (χ0) is 27.8. The van der Waals surface area contributed by atoms with Crippen LogP contribution in [0.2, 0.25) is 0 Å². The van der Waals surface area contributed by atoms with Gasteiger partial charge in [0.25, 0.3) is 0 Å². The molecular weight excluding hydrogens is 542 g/mol. The van der Waals surface area contributed by atoms with Gasteiger partial charge in [0.15, 0.2) is 5.76 Å². The molecule has 3 unspecified atom stereocenters. The lowest BCUT2D eigenvalue weighted by Crippen LogP contribution is -2.47. The fourth-order valence-corrected chi connectivity index (χ4v) is 11.5. The summed E-state index contributed by atoms with van der Waals surface area (Å²) in [7, 11) is -0.622. The molecule has 6 fully saturated rings. The van der Waals surface area contributed by atoms with Crippen molar-refractivity contribution in [3.63, 3.8) is 0 Å².